The van der Waals surface area contributed by atoms with Crippen LogP contribution < -0.4 is 0 Å². The molecule has 1 aromatic rings. The zero-order valence-electron chi connectivity index (χ0n) is 17.8. The minimum Gasteiger partial charge on any atom is -0.339 e. The van der Waals surface area contributed by atoms with E-state index in [1.807, 2.05) is 19.9 Å². The monoisotopic (exact) mass is 418 g/mol. The lowest BCUT2D eigenvalue weighted by atomic mass is 9.77. The summed E-state index contributed by atoms with van der Waals surface area (Å²) in [6.45, 7) is 5.69. The Balaban J connectivity index is 1.41. The first kappa shape index (κ1) is 20.9. The Hall–Kier alpha value is -1.40. The standard InChI is InChI=1S/C23H34N2O3S/c1-17-9-10-21(16-18(17)2)29(27,28)24-14-11-20(12-15-24)23(26)25-13-5-7-19-6-3-4-8-22(19)25/h9-10,16,19-20,22H,3-8,11-15H2,1-2H3. The summed E-state index contributed by atoms with van der Waals surface area (Å²) in [4.78, 5) is 15.8. The molecule has 2 atom stereocenters. The third kappa shape index (κ3) is 4.11. The highest BCUT2D eigenvalue weighted by Gasteiger charge is 2.40. The van der Waals surface area contributed by atoms with Crippen molar-refractivity contribution in [2.75, 3.05) is 19.6 Å². The van der Waals surface area contributed by atoms with E-state index >= 15 is 0 Å². The molecule has 3 aliphatic rings. The van der Waals surface area contributed by atoms with Crippen LogP contribution in [0.1, 0.15) is 62.5 Å². The third-order valence-electron chi connectivity index (χ3n) is 7.45. The van der Waals surface area contributed by atoms with Crippen LogP contribution in [0.25, 0.3) is 0 Å². The molecule has 2 saturated heterocycles. The molecule has 0 N–H and O–H groups in total. The van der Waals surface area contributed by atoms with Crippen molar-refractivity contribution in [2.45, 2.75) is 76.2 Å². The Kier molecular flexibility index (Phi) is 6.03. The second kappa shape index (κ2) is 8.38. The number of benzene rings is 1. The van der Waals surface area contributed by atoms with Gasteiger partial charge in [0.15, 0.2) is 0 Å². The highest BCUT2D eigenvalue weighted by atomic mass is 32.2. The molecule has 5 nitrogen and oxygen atoms in total. The molecular formula is C23H34N2O3S. The molecule has 1 amide bonds. The maximum absolute atomic E-state index is 13.3. The van der Waals surface area contributed by atoms with Gasteiger partial charge in [-0.25, -0.2) is 8.42 Å². The molecule has 4 rings (SSSR count). The van der Waals surface area contributed by atoms with Gasteiger partial charge in [-0.2, -0.15) is 4.31 Å². The highest BCUT2D eigenvalue weighted by Crippen LogP contribution is 2.37. The van der Waals surface area contributed by atoms with Crippen molar-refractivity contribution in [1.29, 1.82) is 0 Å². The van der Waals surface area contributed by atoms with E-state index in [0.717, 1.165) is 30.5 Å². The van der Waals surface area contributed by atoms with Crippen molar-refractivity contribution in [3.63, 3.8) is 0 Å². The second-order valence-corrected chi connectivity index (χ2v) is 11.1. The zero-order chi connectivity index (χ0) is 20.6. The average molecular weight is 419 g/mol. The quantitative estimate of drug-likeness (QED) is 0.748. The predicted octanol–water partition coefficient (Wildman–Crippen LogP) is 3.89. The lowest BCUT2D eigenvalue weighted by molar-refractivity contribution is -0.143. The van der Waals surface area contributed by atoms with Crippen LogP contribution >= 0.6 is 0 Å². The van der Waals surface area contributed by atoms with Crippen molar-refractivity contribution in [1.82, 2.24) is 9.21 Å². The Bertz CT molecular complexity index is 857. The minimum absolute atomic E-state index is 0.0260. The van der Waals surface area contributed by atoms with Crippen molar-refractivity contribution in [3.8, 4) is 0 Å². The number of amides is 1. The molecule has 0 bridgehead atoms. The smallest absolute Gasteiger partial charge is 0.243 e. The molecular weight excluding hydrogens is 384 g/mol. The van der Waals surface area contributed by atoms with Gasteiger partial charge in [0.05, 0.1) is 4.90 Å². The van der Waals surface area contributed by atoms with E-state index in [1.54, 1.807) is 16.4 Å². The van der Waals surface area contributed by atoms with E-state index in [2.05, 4.69) is 4.90 Å². The van der Waals surface area contributed by atoms with E-state index in [4.69, 9.17) is 0 Å². The zero-order valence-corrected chi connectivity index (χ0v) is 18.6. The number of carbonyl (C=O) groups is 1. The van der Waals surface area contributed by atoms with Gasteiger partial charge in [-0.1, -0.05) is 18.9 Å². The molecule has 6 heteroatoms. The Labute approximate surface area is 175 Å². The van der Waals surface area contributed by atoms with Crippen molar-refractivity contribution < 1.29 is 13.2 Å². The van der Waals surface area contributed by atoms with Crippen LogP contribution in [-0.4, -0.2) is 49.2 Å². The summed E-state index contributed by atoms with van der Waals surface area (Å²) in [6, 6.07) is 5.77. The molecule has 0 radical (unpaired) electrons. The molecule has 0 aromatic heterocycles. The first-order chi connectivity index (χ1) is 13.9. The largest absolute Gasteiger partial charge is 0.339 e. The Morgan fingerprint density at radius 3 is 2.31 bits per heavy atom. The van der Waals surface area contributed by atoms with Crippen molar-refractivity contribution >= 4 is 15.9 Å². The van der Waals surface area contributed by atoms with Crippen LogP contribution in [0.4, 0.5) is 0 Å². The van der Waals surface area contributed by atoms with Crippen LogP contribution in [0.2, 0.25) is 0 Å². The highest BCUT2D eigenvalue weighted by molar-refractivity contribution is 7.89. The second-order valence-electron chi connectivity index (χ2n) is 9.21. The van der Waals surface area contributed by atoms with Gasteiger partial charge in [-0.15, -0.1) is 0 Å². The van der Waals surface area contributed by atoms with Crippen LogP contribution in [0.5, 0.6) is 0 Å². The van der Waals surface area contributed by atoms with Gasteiger partial charge >= 0.3 is 0 Å². The van der Waals surface area contributed by atoms with Gasteiger partial charge in [0, 0.05) is 31.6 Å². The summed E-state index contributed by atoms with van der Waals surface area (Å²) in [6.07, 6.45) is 8.61. The fraction of sp³-hybridized carbons (Fsp3) is 0.696. The van der Waals surface area contributed by atoms with Gasteiger partial charge in [-0.3, -0.25) is 4.79 Å². The maximum atomic E-state index is 13.3. The van der Waals surface area contributed by atoms with E-state index < -0.39 is 10.0 Å². The van der Waals surface area contributed by atoms with Gasteiger partial charge in [0.1, 0.15) is 0 Å². The molecule has 2 aliphatic heterocycles. The first-order valence-electron chi connectivity index (χ1n) is 11.3. The van der Waals surface area contributed by atoms with Crippen LogP contribution in [0, 0.1) is 25.7 Å². The van der Waals surface area contributed by atoms with Crippen molar-refractivity contribution in [3.05, 3.63) is 29.3 Å². The molecule has 1 saturated carbocycles. The number of likely N-dealkylation sites (tertiary alicyclic amines) is 1. The molecule has 1 aliphatic carbocycles. The number of hydrogen-bond acceptors (Lipinski definition) is 3. The van der Waals surface area contributed by atoms with Gasteiger partial charge in [-0.05, 0) is 81.5 Å². The minimum atomic E-state index is -3.49. The topological polar surface area (TPSA) is 57.7 Å². The number of rotatable bonds is 3. The molecule has 29 heavy (non-hydrogen) atoms. The summed E-state index contributed by atoms with van der Waals surface area (Å²) in [5.41, 5.74) is 2.08. The summed E-state index contributed by atoms with van der Waals surface area (Å²) in [7, 11) is -3.49. The van der Waals surface area contributed by atoms with Crippen molar-refractivity contribution in [2.24, 2.45) is 11.8 Å². The number of nitrogens with zero attached hydrogens (tertiary/aromatic N) is 2. The maximum Gasteiger partial charge on any atom is 0.243 e. The summed E-state index contributed by atoms with van der Waals surface area (Å²) in [5.74, 6) is 0.943. The first-order valence-corrected chi connectivity index (χ1v) is 12.7. The van der Waals surface area contributed by atoms with Gasteiger partial charge < -0.3 is 4.90 Å². The molecule has 160 valence electrons. The average Bonchev–Trinajstić information content (AvgIpc) is 2.74. The van der Waals surface area contributed by atoms with E-state index in [0.29, 0.717) is 42.8 Å². The van der Waals surface area contributed by atoms with E-state index in [1.165, 1.54) is 25.7 Å². The fourth-order valence-corrected chi connectivity index (χ4v) is 7.05. The predicted molar refractivity (Wildman–Crippen MR) is 114 cm³/mol. The number of aryl methyl sites for hydroxylation is 2. The van der Waals surface area contributed by atoms with E-state index in [-0.39, 0.29) is 11.8 Å². The van der Waals surface area contributed by atoms with Crippen LogP contribution in [0.3, 0.4) is 0 Å². The van der Waals surface area contributed by atoms with Gasteiger partial charge in [0.2, 0.25) is 15.9 Å². The number of sulfonamides is 1. The summed E-state index contributed by atoms with van der Waals surface area (Å²) < 4.78 is 27.7. The molecule has 1 aromatic carbocycles. The molecule has 2 unspecified atom stereocenters. The lowest BCUT2D eigenvalue weighted by Gasteiger charge is -2.46. The lowest BCUT2D eigenvalue weighted by Crippen LogP contribution is -2.53. The number of piperidine rings is 2. The molecule has 2 heterocycles. The van der Waals surface area contributed by atoms with Crippen LogP contribution in [-0.2, 0) is 14.8 Å². The molecule has 3 fully saturated rings. The SMILES string of the molecule is Cc1ccc(S(=O)(=O)N2CCC(C(=O)N3CCCC4CCCCC43)CC2)cc1C. The number of carbonyl (C=O) groups excluding carboxylic acids is 1. The van der Waals surface area contributed by atoms with Crippen LogP contribution in [0.15, 0.2) is 23.1 Å². The third-order valence-corrected chi connectivity index (χ3v) is 9.34. The number of fused-ring (bicyclic) bond motifs is 1. The summed E-state index contributed by atoms with van der Waals surface area (Å²) in [5, 5.41) is 0. The Morgan fingerprint density at radius 2 is 1.59 bits per heavy atom. The fourth-order valence-electron chi connectivity index (χ4n) is 5.50. The number of hydrogen-bond donors (Lipinski definition) is 0. The normalized spacial score (nSPS) is 26.9. The summed E-state index contributed by atoms with van der Waals surface area (Å²) >= 11 is 0. The molecule has 0 spiro atoms. The van der Waals surface area contributed by atoms with Gasteiger partial charge in [0.25, 0.3) is 0 Å². The Morgan fingerprint density at radius 1 is 0.897 bits per heavy atom. The van der Waals surface area contributed by atoms with E-state index in [9.17, 15) is 13.2 Å².